The van der Waals surface area contributed by atoms with Crippen molar-refractivity contribution in [3.05, 3.63) is 109 Å². The van der Waals surface area contributed by atoms with Gasteiger partial charge in [-0.1, -0.05) is 60.1 Å². The van der Waals surface area contributed by atoms with E-state index in [1.807, 2.05) is 0 Å². The lowest BCUT2D eigenvalue weighted by atomic mass is 9.85. The number of allylic oxidation sites excluding steroid dienone is 2. The average Bonchev–Trinajstić information content (AvgIpc) is 3.23. The molecule has 0 unspecified atom stereocenters. The van der Waals surface area contributed by atoms with Gasteiger partial charge in [-0.2, -0.15) is 0 Å². The van der Waals surface area contributed by atoms with Crippen LogP contribution in [0.1, 0.15) is 48.1 Å². The molecule has 34 heavy (non-hydrogen) atoms. The highest BCUT2D eigenvalue weighted by Crippen LogP contribution is 2.50. The molecule has 0 aliphatic heterocycles. The van der Waals surface area contributed by atoms with Crippen LogP contribution in [0.5, 0.6) is 0 Å². The first kappa shape index (κ1) is 22.0. The third kappa shape index (κ3) is 3.07. The Kier molecular flexibility index (Phi) is 5.08. The largest absolute Gasteiger partial charge is 0.769 e. The molecule has 0 spiro atoms. The van der Waals surface area contributed by atoms with Crippen molar-refractivity contribution in [2.45, 2.75) is 5.92 Å². The lowest BCUT2D eigenvalue weighted by molar-refractivity contribution is 0.0287. The fraction of sp³-hybridized carbons (Fsp3) is 0.0417. The van der Waals surface area contributed by atoms with Gasteiger partial charge in [-0.25, -0.2) is 0 Å². The number of hydrogen-bond acceptors (Lipinski definition) is 9. The first-order valence-corrected chi connectivity index (χ1v) is 10.3. The summed E-state index contributed by atoms with van der Waals surface area (Å²) in [6.07, 6.45) is 0. The Morgan fingerprint density at radius 1 is 0.765 bits per heavy atom. The Labute approximate surface area is 196 Å². The van der Waals surface area contributed by atoms with E-state index in [0.717, 1.165) is 12.1 Å². The Bertz CT molecular complexity index is 1410. The van der Waals surface area contributed by atoms with Gasteiger partial charge in [0, 0.05) is 22.4 Å². The number of anilines is 2. The predicted molar refractivity (Wildman–Crippen MR) is 122 cm³/mol. The highest BCUT2D eigenvalue weighted by atomic mass is 35.5. The Balaban J connectivity index is 1.84. The van der Waals surface area contributed by atoms with Crippen molar-refractivity contribution < 1.29 is 24.8 Å². The molecular formula is C24H13ClN2O7-2. The lowest BCUT2D eigenvalue weighted by Gasteiger charge is -2.39. The minimum atomic E-state index is -1.34. The summed E-state index contributed by atoms with van der Waals surface area (Å²) in [5.74, 6) is -3.00. The monoisotopic (exact) mass is 476 g/mol. The minimum Gasteiger partial charge on any atom is -0.769 e. The lowest BCUT2D eigenvalue weighted by Crippen LogP contribution is -2.19. The predicted octanol–water partition coefficient (Wildman–Crippen LogP) is 4.54. The smallest absolute Gasteiger partial charge is 0.198 e. The number of halogens is 1. The highest BCUT2D eigenvalue weighted by molar-refractivity contribution is 6.44. The van der Waals surface area contributed by atoms with Crippen LogP contribution in [-0.4, -0.2) is 27.8 Å². The molecule has 9 nitrogen and oxygen atoms in total. The first-order chi connectivity index (χ1) is 16.2. The molecule has 2 aliphatic rings. The maximum Gasteiger partial charge on any atom is 0.198 e. The van der Waals surface area contributed by atoms with Crippen LogP contribution in [0, 0.1) is 10.4 Å². The van der Waals surface area contributed by atoms with Crippen molar-refractivity contribution >= 4 is 45.9 Å². The van der Waals surface area contributed by atoms with E-state index in [-0.39, 0.29) is 43.6 Å². The highest BCUT2D eigenvalue weighted by Gasteiger charge is 2.45. The van der Waals surface area contributed by atoms with E-state index < -0.39 is 39.9 Å². The van der Waals surface area contributed by atoms with Gasteiger partial charge < -0.3 is 15.6 Å². The van der Waals surface area contributed by atoms with Crippen molar-refractivity contribution in [3.8, 4) is 0 Å². The molecule has 10 heteroatoms. The van der Waals surface area contributed by atoms with Gasteiger partial charge >= 0.3 is 0 Å². The summed E-state index contributed by atoms with van der Waals surface area (Å²) in [5.41, 5.74) is -0.411. The molecule has 0 bridgehead atoms. The normalized spacial score (nSPS) is 16.7. The molecule has 0 saturated heterocycles. The van der Waals surface area contributed by atoms with Gasteiger partial charge in [0.15, 0.2) is 17.3 Å². The van der Waals surface area contributed by atoms with Crippen molar-refractivity contribution in [2.24, 2.45) is 0 Å². The molecule has 0 fully saturated rings. The van der Waals surface area contributed by atoms with Crippen LogP contribution in [0.3, 0.4) is 0 Å². The fourth-order valence-electron chi connectivity index (χ4n) is 4.56. The van der Waals surface area contributed by atoms with E-state index in [2.05, 4.69) is 0 Å². The molecule has 0 radical (unpaired) electrons. The molecule has 170 valence electrons. The van der Waals surface area contributed by atoms with Gasteiger partial charge in [-0.15, -0.1) is 5.23 Å². The molecule has 0 saturated carbocycles. The fourth-order valence-corrected chi connectivity index (χ4v) is 4.80. The van der Waals surface area contributed by atoms with Crippen molar-refractivity contribution in [2.75, 3.05) is 10.5 Å². The summed E-state index contributed by atoms with van der Waals surface area (Å²) in [6, 6.07) is 14.5. The number of carbonyl (C=O) groups is 3. The Morgan fingerprint density at radius 2 is 1.29 bits per heavy atom. The summed E-state index contributed by atoms with van der Waals surface area (Å²) in [6.45, 7) is 0. The standard InChI is InChI=1S/C24H13ClN2O7/c25-16-9-15(17(26(31)32)10-18(16)27(33)34)20-19(11-5-1-2-6-12(11)22(20)28)21-23(29)13-7-3-4-8-14(13)24(21)30/h1-10,20,31-32H/q-2/t20-/m0/s1. The van der Waals surface area contributed by atoms with Crippen LogP contribution < -0.4 is 10.5 Å². The maximum atomic E-state index is 13.5. The SMILES string of the molecule is O=C1C(=C2c3ccccc3C(=O)[C@H]2c2cc(Cl)c(N([O-])[O-])cc2N(O)O)C(=O)c2ccccc21. The summed E-state index contributed by atoms with van der Waals surface area (Å²) in [5, 5.41) is 40.8. The van der Waals surface area contributed by atoms with Crippen LogP contribution in [0.15, 0.2) is 66.2 Å². The zero-order valence-corrected chi connectivity index (χ0v) is 17.8. The Morgan fingerprint density at radius 3 is 1.82 bits per heavy atom. The molecule has 2 N–H and O–H groups in total. The second-order valence-electron chi connectivity index (χ2n) is 7.74. The summed E-state index contributed by atoms with van der Waals surface area (Å²) < 4.78 is 0. The van der Waals surface area contributed by atoms with E-state index in [1.54, 1.807) is 30.3 Å². The molecule has 0 amide bonds. The molecule has 3 aromatic carbocycles. The van der Waals surface area contributed by atoms with Gasteiger partial charge in [-0.05, 0) is 28.8 Å². The van der Waals surface area contributed by atoms with Crippen molar-refractivity contribution in [3.63, 3.8) is 0 Å². The first-order valence-electron chi connectivity index (χ1n) is 9.94. The summed E-state index contributed by atoms with van der Waals surface area (Å²) in [7, 11) is 0. The second kappa shape index (κ2) is 7.87. The number of hydrogen-bond donors (Lipinski definition) is 2. The number of benzene rings is 3. The zero-order valence-electron chi connectivity index (χ0n) is 17.1. The van der Waals surface area contributed by atoms with Gasteiger partial charge in [0.1, 0.15) is 5.69 Å². The van der Waals surface area contributed by atoms with Gasteiger partial charge in [-0.3, -0.25) is 24.8 Å². The molecule has 0 aromatic heterocycles. The Hall–Kier alpha value is -3.86. The number of nitrogens with zero attached hydrogens (tertiary/aromatic N) is 2. The third-order valence-electron chi connectivity index (χ3n) is 5.99. The van der Waals surface area contributed by atoms with Crippen LogP contribution in [0.2, 0.25) is 5.02 Å². The van der Waals surface area contributed by atoms with Gasteiger partial charge in [0.2, 0.25) is 0 Å². The maximum absolute atomic E-state index is 13.5. The topological polar surface area (TPSA) is 144 Å². The summed E-state index contributed by atoms with van der Waals surface area (Å²) in [4.78, 5) is 40.1. The van der Waals surface area contributed by atoms with Crippen LogP contribution in [0.4, 0.5) is 11.4 Å². The van der Waals surface area contributed by atoms with E-state index in [0.29, 0.717) is 5.56 Å². The van der Waals surface area contributed by atoms with Crippen LogP contribution >= 0.6 is 11.6 Å². The van der Waals surface area contributed by atoms with E-state index in [4.69, 9.17) is 11.6 Å². The average molecular weight is 477 g/mol. The van der Waals surface area contributed by atoms with E-state index >= 15 is 0 Å². The number of rotatable bonds is 3. The quantitative estimate of drug-likeness (QED) is 0.316. The molecular weight excluding hydrogens is 464 g/mol. The molecule has 3 aromatic rings. The van der Waals surface area contributed by atoms with Crippen molar-refractivity contribution in [1.29, 1.82) is 0 Å². The minimum absolute atomic E-state index is 0.0832. The third-order valence-corrected chi connectivity index (χ3v) is 6.30. The zero-order chi connectivity index (χ0) is 24.3. The summed E-state index contributed by atoms with van der Waals surface area (Å²) >= 11 is 6.09. The van der Waals surface area contributed by atoms with Gasteiger partial charge in [0.25, 0.3) is 0 Å². The van der Waals surface area contributed by atoms with Crippen LogP contribution in [0.25, 0.3) is 5.57 Å². The molecule has 1 atom stereocenters. The van der Waals surface area contributed by atoms with E-state index in [1.165, 1.54) is 18.2 Å². The number of fused-ring (bicyclic) bond motifs is 2. The number of Topliss-reactive ketones (excluding diaryl/α,β-unsaturated/α-hetero) is 3. The van der Waals surface area contributed by atoms with E-state index in [9.17, 15) is 35.2 Å². The molecule has 0 heterocycles. The molecule has 2 aliphatic carbocycles. The van der Waals surface area contributed by atoms with Crippen molar-refractivity contribution in [1.82, 2.24) is 0 Å². The number of ketones is 3. The molecule has 5 rings (SSSR count). The second-order valence-corrected chi connectivity index (χ2v) is 8.15. The van der Waals surface area contributed by atoms with Gasteiger partial charge in [0.05, 0.1) is 16.5 Å². The van der Waals surface area contributed by atoms with Crippen LogP contribution in [-0.2, 0) is 0 Å². The number of carbonyl (C=O) groups excluding carboxylic acids is 3.